The summed E-state index contributed by atoms with van der Waals surface area (Å²) in [6.45, 7) is 9.28. The molecule has 1 atom stereocenters. The van der Waals surface area contributed by atoms with Gasteiger partial charge < -0.3 is 9.47 Å². The second-order valence-electron chi connectivity index (χ2n) is 11.6. The van der Waals surface area contributed by atoms with Crippen LogP contribution in [0.1, 0.15) is 188 Å². The van der Waals surface area contributed by atoms with Crippen molar-refractivity contribution in [3.63, 3.8) is 0 Å². The van der Waals surface area contributed by atoms with Gasteiger partial charge in [-0.1, -0.05) is 154 Å². The Balaban J connectivity index is 3.17. The van der Waals surface area contributed by atoms with E-state index in [2.05, 4.69) is 32.9 Å². The third kappa shape index (κ3) is 33.6. The van der Waals surface area contributed by atoms with Crippen molar-refractivity contribution >= 4 is 0 Å². The highest BCUT2D eigenvalue weighted by Gasteiger charge is 2.02. The molecule has 0 radical (unpaired) electrons. The van der Waals surface area contributed by atoms with E-state index >= 15 is 0 Å². The zero-order valence-electron chi connectivity index (χ0n) is 26.1. The van der Waals surface area contributed by atoms with Gasteiger partial charge in [-0.15, -0.1) is 0 Å². The highest BCUT2D eigenvalue weighted by atomic mass is 16.5. The molecule has 0 spiro atoms. The first-order valence-electron chi connectivity index (χ1n) is 17.2. The molecule has 0 amide bonds. The zero-order chi connectivity index (χ0) is 26.9. The molecule has 0 bridgehead atoms. The average molecular weight is 523 g/mol. The van der Waals surface area contributed by atoms with E-state index in [1.807, 2.05) is 0 Å². The fourth-order valence-corrected chi connectivity index (χ4v) is 4.98. The molecular weight excluding hydrogens is 452 g/mol. The molecule has 0 N–H and O–H groups in total. The lowest BCUT2D eigenvalue weighted by atomic mass is 10.0. The van der Waals surface area contributed by atoms with E-state index in [4.69, 9.17) is 9.47 Å². The van der Waals surface area contributed by atoms with E-state index in [-0.39, 0.29) is 6.10 Å². The molecule has 0 saturated carbocycles. The number of allylic oxidation sites excluding steroid dienone is 2. The molecule has 2 nitrogen and oxygen atoms in total. The molecule has 222 valence electrons. The van der Waals surface area contributed by atoms with E-state index in [9.17, 15) is 0 Å². The van der Waals surface area contributed by atoms with E-state index in [0.29, 0.717) is 0 Å². The highest BCUT2D eigenvalue weighted by molar-refractivity contribution is 4.81. The lowest BCUT2D eigenvalue weighted by Crippen LogP contribution is -2.17. The molecule has 0 aromatic heterocycles. The Labute approximate surface area is 235 Å². The molecular formula is C35H70O2. The Morgan fingerprint density at radius 2 is 0.784 bits per heavy atom. The molecule has 0 aromatic carbocycles. The largest absolute Gasteiger partial charge is 0.379 e. The van der Waals surface area contributed by atoms with Gasteiger partial charge in [0.15, 0.2) is 0 Å². The van der Waals surface area contributed by atoms with Gasteiger partial charge in [0.25, 0.3) is 0 Å². The molecule has 2 heteroatoms. The van der Waals surface area contributed by atoms with Gasteiger partial charge in [-0.25, -0.2) is 0 Å². The molecule has 1 unspecified atom stereocenters. The fraction of sp³-hybridized carbons (Fsp3) is 0.943. The summed E-state index contributed by atoms with van der Waals surface area (Å²) in [6.07, 6.45) is 40.8. The van der Waals surface area contributed by atoms with Gasteiger partial charge in [-0.05, 0) is 45.4 Å². The summed E-state index contributed by atoms with van der Waals surface area (Å²) in [7, 11) is 0. The van der Waals surface area contributed by atoms with Gasteiger partial charge in [0, 0.05) is 13.2 Å². The van der Waals surface area contributed by atoms with Crippen molar-refractivity contribution in [2.75, 3.05) is 19.8 Å². The SMILES string of the molecule is CCCCCCC=CCCCCCCCCOC(C)COCCCCCCCCCCCCCCCC. The maximum absolute atomic E-state index is 5.94. The van der Waals surface area contributed by atoms with Gasteiger partial charge in [0.2, 0.25) is 0 Å². The van der Waals surface area contributed by atoms with Crippen molar-refractivity contribution in [3.05, 3.63) is 12.2 Å². The topological polar surface area (TPSA) is 18.5 Å². The molecule has 0 aliphatic rings. The third-order valence-electron chi connectivity index (χ3n) is 7.55. The minimum Gasteiger partial charge on any atom is -0.379 e. The van der Waals surface area contributed by atoms with Crippen LogP contribution in [0.3, 0.4) is 0 Å². The van der Waals surface area contributed by atoms with Crippen molar-refractivity contribution in [1.29, 1.82) is 0 Å². The maximum Gasteiger partial charge on any atom is 0.0780 e. The summed E-state index contributed by atoms with van der Waals surface area (Å²) in [4.78, 5) is 0. The van der Waals surface area contributed by atoms with E-state index in [1.165, 1.54) is 167 Å². The van der Waals surface area contributed by atoms with E-state index < -0.39 is 0 Å². The summed E-state index contributed by atoms with van der Waals surface area (Å²) in [5.74, 6) is 0. The molecule has 0 aliphatic heterocycles. The van der Waals surface area contributed by atoms with Gasteiger partial charge in [-0.3, -0.25) is 0 Å². The van der Waals surface area contributed by atoms with Gasteiger partial charge in [0.1, 0.15) is 0 Å². The Bertz CT molecular complexity index is 419. The monoisotopic (exact) mass is 523 g/mol. The van der Waals surface area contributed by atoms with Gasteiger partial charge in [-0.2, -0.15) is 0 Å². The highest BCUT2D eigenvalue weighted by Crippen LogP contribution is 2.13. The fourth-order valence-electron chi connectivity index (χ4n) is 4.98. The van der Waals surface area contributed by atoms with Crippen LogP contribution in [0, 0.1) is 0 Å². The molecule has 0 aromatic rings. The van der Waals surface area contributed by atoms with Crippen molar-refractivity contribution < 1.29 is 9.47 Å². The molecule has 0 aliphatic carbocycles. The second kappa shape index (κ2) is 33.7. The van der Waals surface area contributed by atoms with Crippen LogP contribution in [0.15, 0.2) is 12.2 Å². The van der Waals surface area contributed by atoms with Crippen LogP contribution in [0.2, 0.25) is 0 Å². The normalized spacial score (nSPS) is 12.6. The summed E-state index contributed by atoms with van der Waals surface area (Å²) >= 11 is 0. The Morgan fingerprint density at radius 1 is 0.432 bits per heavy atom. The van der Waals surface area contributed by atoms with Crippen LogP contribution in [-0.2, 0) is 9.47 Å². The van der Waals surface area contributed by atoms with Crippen molar-refractivity contribution in [2.24, 2.45) is 0 Å². The molecule has 0 heterocycles. The van der Waals surface area contributed by atoms with Gasteiger partial charge >= 0.3 is 0 Å². The van der Waals surface area contributed by atoms with Crippen LogP contribution >= 0.6 is 0 Å². The summed E-state index contributed by atoms with van der Waals surface area (Å²) in [5, 5.41) is 0. The lowest BCUT2D eigenvalue weighted by molar-refractivity contribution is -0.00869. The minimum absolute atomic E-state index is 0.236. The number of rotatable bonds is 32. The van der Waals surface area contributed by atoms with E-state index in [0.717, 1.165) is 19.8 Å². The van der Waals surface area contributed by atoms with Crippen molar-refractivity contribution in [2.45, 2.75) is 194 Å². The smallest absolute Gasteiger partial charge is 0.0780 e. The number of hydrogen-bond acceptors (Lipinski definition) is 2. The predicted octanol–water partition coefficient (Wildman–Crippen LogP) is 12.1. The Morgan fingerprint density at radius 3 is 1.24 bits per heavy atom. The first-order valence-corrected chi connectivity index (χ1v) is 17.2. The zero-order valence-corrected chi connectivity index (χ0v) is 26.1. The van der Waals surface area contributed by atoms with E-state index in [1.54, 1.807) is 0 Å². The summed E-state index contributed by atoms with van der Waals surface area (Å²) < 4.78 is 11.8. The van der Waals surface area contributed by atoms with Crippen LogP contribution in [0.25, 0.3) is 0 Å². The number of unbranched alkanes of at least 4 members (excludes halogenated alkanes) is 23. The molecule has 37 heavy (non-hydrogen) atoms. The molecule has 0 fully saturated rings. The summed E-state index contributed by atoms with van der Waals surface area (Å²) in [5.41, 5.74) is 0. The maximum atomic E-state index is 5.94. The quantitative estimate of drug-likeness (QED) is 0.0646. The van der Waals surface area contributed by atoms with Crippen LogP contribution in [0.4, 0.5) is 0 Å². The van der Waals surface area contributed by atoms with Gasteiger partial charge in [0.05, 0.1) is 12.7 Å². The minimum atomic E-state index is 0.236. The molecule has 0 rings (SSSR count). The second-order valence-corrected chi connectivity index (χ2v) is 11.6. The molecule has 0 saturated heterocycles. The van der Waals surface area contributed by atoms with Crippen LogP contribution < -0.4 is 0 Å². The first kappa shape index (κ1) is 36.7. The average Bonchev–Trinajstić information content (AvgIpc) is 2.90. The van der Waals surface area contributed by atoms with Crippen LogP contribution in [-0.4, -0.2) is 25.9 Å². The van der Waals surface area contributed by atoms with Crippen molar-refractivity contribution in [3.8, 4) is 0 Å². The Kier molecular flexibility index (Phi) is 33.4. The predicted molar refractivity (Wildman–Crippen MR) is 167 cm³/mol. The lowest BCUT2D eigenvalue weighted by Gasteiger charge is -2.13. The Hall–Kier alpha value is -0.340. The van der Waals surface area contributed by atoms with Crippen molar-refractivity contribution in [1.82, 2.24) is 0 Å². The summed E-state index contributed by atoms with van der Waals surface area (Å²) in [6, 6.07) is 0. The first-order chi connectivity index (χ1) is 18.3. The number of ether oxygens (including phenoxy) is 2. The number of hydrogen-bond donors (Lipinski definition) is 0. The third-order valence-corrected chi connectivity index (χ3v) is 7.55. The standard InChI is InChI=1S/C35H70O2/c1-4-6-8-10-12-14-16-18-20-22-24-26-28-30-32-36-34-35(3)37-33-31-29-27-25-23-21-19-17-15-13-11-9-7-5-2/h15,17,35H,4-14,16,18-34H2,1-3H3. The van der Waals surface area contributed by atoms with Crippen LogP contribution in [0.5, 0.6) is 0 Å².